The van der Waals surface area contributed by atoms with Crippen LogP contribution in [-0.2, 0) is 14.2 Å². The van der Waals surface area contributed by atoms with E-state index >= 15 is 0 Å². The minimum Gasteiger partial charge on any atom is -0.439 e. The molecule has 1 aliphatic rings. The maximum Gasteiger partial charge on any atom is 0.308 e. The van der Waals surface area contributed by atoms with Gasteiger partial charge in [-0.3, -0.25) is 14.2 Å². The van der Waals surface area contributed by atoms with Crippen LogP contribution in [-0.4, -0.2) is 18.6 Å². The normalized spacial score (nSPS) is 16.0. The van der Waals surface area contributed by atoms with E-state index in [0.717, 1.165) is 16.4 Å². The summed E-state index contributed by atoms with van der Waals surface area (Å²) in [4.78, 5) is 21.1. The number of esters is 2. The van der Waals surface area contributed by atoms with Crippen LogP contribution in [0.2, 0.25) is 0 Å². The molecule has 0 bridgehead atoms. The molecule has 3 aromatic carbocycles. The van der Waals surface area contributed by atoms with Crippen LogP contribution in [0, 0.1) is 0 Å². The monoisotopic (exact) mass is 424 g/mol. The molecule has 154 valence electrons. The van der Waals surface area contributed by atoms with Crippen molar-refractivity contribution in [2.24, 2.45) is 0 Å². The first kappa shape index (κ1) is 21.3. The number of carbonyl (C=O) groups is 2. The number of hydrogen-bond acceptors (Lipinski definition) is 6. The van der Waals surface area contributed by atoms with Crippen LogP contribution in [0.3, 0.4) is 0 Å². The van der Waals surface area contributed by atoms with Gasteiger partial charge in [0.15, 0.2) is 0 Å². The van der Waals surface area contributed by atoms with E-state index in [0.29, 0.717) is 17.2 Å². The molecule has 0 spiro atoms. The van der Waals surface area contributed by atoms with Crippen molar-refractivity contribution in [3.8, 4) is 28.4 Å². The molecular formula is C23H21O6P. The van der Waals surface area contributed by atoms with Crippen molar-refractivity contribution in [3.05, 3.63) is 72.8 Å². The second-order valence-corrected chi connectivity index (χ2v) is 8.97. The summed E-state index contributed by atoms with van der Waals surface area (Å²) in [6.07, 6.45) is 0. The highest BCUT2D eigenvalue weighted by molar-refractivity contribution is 7.67. The van der Waals surface area contributed by atoms with Crippen LogP contribution < -0.4 is 19.3 Å². The van der Waals surface area contributed by atoms with Gasteiger partial charge in [-0.05, 0) is 42.0 Å². The summed E-state index contributed by atoms with van der Waals surface area (Å²) in [5.74, 6) is 0.796. The fourth-order valence-electron chi connectivity index (χ4n) is 2.97. The van der Waals surface area contributed by atoms with E-state index in [4.69, 9.17) is 14.0 Å². The summed E-state index contributed by atoms with van der Waals surface area (Å²) in [5, 5.41) is 0.814. The lowest BCUT2D eigenvalue weighted by Gasteiger charge is -2.25. The lowest BCUT2D eigenvalue weighted by atomic mass is 10.0. The SMILES string of the molecule is CC(=O)Oc1ccc(OC(C)=O)cc1.CP1(=O)Oc2ccccc2-c2ccccc21. The molecule has 6 nitrogen and oxygen atoms in total. The van der Waals surface area contributed by atoms with Crippen LogP contribution in [0.4, 0.5) is 0 Å². The fraction of sp³-hybridized carbons (Fsp3) is 0.130. The van der Waals surface area contributed by atoms with E-state index < -0.39 is 7.37 Å². The third-order valence-corrected chi connectivity index (χ3v) is 5.95. The Labute approximate surface area is 174 Å². The second-order valence-electron chi connectivity index (χ2n) is 6.61. The van der Waals surface area contributed by atoms with Gasteiger partial charge in [0.1, 0.15) is 17.2 Å². The topological polar surface area (TPSA) is 78.9 Å². The highest BCUT2D eigenvalue weighted by Crippen LogP contribution is 2.51. The number of fused-ring (bicyclic) bond motifs is 3. The first-order chi connectivity index (χ1) is 14.3. The lowest BCUT2D eigenvalue weighted by molar-refractivity contribution is -0.133. The molecule has 30 heavy (non-hydrogen) atoms. The van der Waals surface area contributed by atoms with Crippen molar-refractivity contribution in [3.63, 3.8) is 0 Å². The minimum atomic E-state index is -2.71. The Morgan fingerprint density at radius 1 is 0.733 bits per heavy atom. The van der Waals surface area contributed by atoms with E-state index in [1.807, 2.05) is 48.5 Å². The van der Waals surface area contributed by atoms with Gasteiger partial charge in [-0.1, -0.05) is 36.4 Å². The molecule has 0 amide bonds. The largest absolute Gasteiger partial charge is 0.439 e. The lowest BCUT2D eigenvalue weighted by Crippen LogP contribution is -2.16. The van der Waals surface area contributed by atoms with Gasteiger partial charge in [-0.25, -0.2) is 0 Å². The Hall–Kier alpha value is -3.37. The first-order valence-electron chi connectivity index (χ1n) is 9.19. The van der Waals surface area contributed by atoms with Crippen molar-refractivity contribution in [1.29, 1.82) is 0 Å². The van der Waals surface area contributed by atoms with Gasteiger partial charge in [-0.2, -0.15) is 0 Å². The van der Waals surface area contributed by atoms with Crippen LogP contribution in [0.5, 0.6) is 17.2 Å². The number of hydrogen-bond donors (Lipinski definition) is 0. The molecule has 1 unspecified atom stereocenters. The van der Waals surface area contributed by atoms with Crippen molar-refractivity contribution in [2.75, 3.05) is 6.66 Å². The number of para-hydroxylation sites is 1. The van der Waals surface area contributed by atoms with Crippen molar-refractivity contribution < 1.29 is 28.2 Å². The zero-order valence-corrected chi connectivity index (χ0v) is 17.7. The van der Waals surface area contributed by atoms with Crippen LogP contribution in [0.25, 0.3) is 11.1 Å². The molecule has 0 fully saturated rings. The molecule has 4 rings (SSSR count). The molecule has 1 aliphatic heterocycles. The number of benzene rings is 3. The highest BCUT2D eigenvalue weighted by atomic mass is 31.2. The number of carbonyl (C=O) groups excluding carboxylic acids is 2. The number of ether oxygens (including phenoxy) is 2. The van der Waals surface area contributed by atoms with E-state index in [2.05, 4.69) is 0 Å². The van der Waals surface area contributed by atoms with Crippen molar-refractivity contribution in [1.82, 2.24) is 0 Å². The Morgan fingerprint density at radius 3 is 1.73 bits per heavy atom. The van der Waals surface area contributed by atoms with Gasteiger partial charge in [-0.15, -0.1) is 0 Å². The maximum absolute atomic E-state index is 12.4. The second kappa shape index (κ2) is 8.97. The summed E-state index contributed by atoms with van der Waals surface area (Å²) in [7, 11) is -2.71. The van der Waals surface area contributed by atoms with Gasteiger partial charge < -0.3 is 14.0 Å². The van der Waals surface area contributed by atoms with Crippen molar-refractivity contribution in [2.45, 2.75) is 13.8 Å². The zero-order chi connectivity index (χ0) is 21.7. The third-order valence-electron chi connectivity index (χ3n) is 4.14. The van der Waals surface area contributed by atoms with Crippen LogP contribution in [0.1, 0.15) is 13.8 Å². The molecule has 0 radical (unpaired) electrons. The number of rotatable bonds is 2. The summed E-state index contributed by atoms with van der Waals surface area (Å²) in [6.45, 7) is 4.31. The van der Waals surface area contributed by atoms with Crippen LogP contribution in [0.15, 0.2) is 72.8 Å². The van der Waals surface area contributed by atoms with E-state index in [-0.39, 0.29) is 11.9 Å². The summed E-state index contributed by atoms with van der Waals surface area (Å²) in [6, 6.07) is 21.7. The van der Waals surface area contributed by atoms with Gasteiger partial charge in [0.05, 0.1) is 5.30 Å². The summed E-state index contributed by atoms with van der Waals surface area (Å²) >= 11 is 0. The average molecular weight is 424 g/mol. The van der Waals surface area contributed by atoms with Gasteiger partial charge in [0, 0.05) is 26.1 Å². The van der Waals surface area contributed by atoms with E-state index in [1.165, 1.54) is 13.8 Å². The molecular weight excluding hydrogens is 403 g/mol. The molecule has 1 atom stereocenters. The first-order valence-corrected chi connectivity index (χ1v) is 11.3. The van der Waals surface area contributed by atoms with E-state index in [1.54, 1.807) is 30.9 Å². The highest BCUT2D eigenvalue weighted by Gasteiger charge is 2.30. The zero-order valence-electron chi connectivity index (χ0n) is 16.8. The van der Waals surface area contributed by atoms with Gasteiger partial charge >= 0.3 is 11.9 Å². The van der Waals surface area contributed by atoms with Gasteiger partial charge in [0.25, 0.3) is 7.37 Å². The minimum absolute atomic E-state index is 0.384. The molecule has 0 aromatic heterocycles. The standard InChI is InChI=1S/C13H11O2P.C10H10O4/c1-16(14)13-9-5-3-7-11(13)10-6-2-4-8-12(10)15-16;1-7(11)13-9-3-5-10(6-4-9)14-8(2)12/h2-9H,1H3;3-6H,1-2H3. The predicted molar refractivity (Wildman–Crippen MR) is 115 cm³/mol. The summed E-state index contributed by atoms with van der Waals surface area (Å²) < 4.78 is 27.6. The summed E-state index contributed by atoms with van der Waals surface area (Å²) in [5.41, 5.74) is 2.04. The molecule has 0 saturated carbocycles. The average Bonchev–Trinajstić information content (AvgIpc) is 2.69. The predicted octanol–water partition coefficient (Wildman–Crippen LogP) is 4.82. The maximum atomic E-state index is 12.4. The quantitative estimate of drug-likeness (QED) is 0.334. The molecule has 0 aliphatic carbocycles. The fourth-order valence-corrected chi connectivity index (χ4v) is 4.59. The van der Waals surface area contributed by atoms with Gasteiger partial charge in [0.2, 0.25) is 0 Å². The molecule has 3 aromatic rings. The third kappa shape index (κ3) is 5.16. The molecule has 0 N–H and O–H groups in total. The van der Waals surface area contributed by atoms with Crippen LogP contribution >= 0.6 is 7.37 Å². The van der Waals surface area contributed by atoms with E-state index in [9.17, 15) is 14.2 Å². The van der Waals surface area contributed by atoms with Crippen molar-refractivity contribution >= 4 is 24.6 Å². The Bertz CT molecular complexity index is 1090. The smallest absolute Gasteiger partial charge is 0.308 e. The molecule has 0 saturated heterocycles. The molecule has 1 heterocycles. The Balaban J connectivity index is 0.000000173. The molecule has 7 heteroatoms. The Kier molecular flexibility index (Phi) is 6.38. The Morgan fingerprint density at radius 2 is 1.20 bits per heavy atom.